The van der Waals surface area contributed by atoms with Gasteiger partial charge in [0.25, 0.3) is 5.91 Å². The average Bonchev–Trinajstić information content (AvgIpc) is 2.68. The molecular formula is C21H23FN2O2. The highest BCUT2D eigenvalue weighted by atomic mass is 19.1. The minimum Gasteiger partial charge on any atom is -0.339 e. The Balaban J connectivity index is 1.54. The van der Waals surface area contributed by atoms with Gasteiger partial charge in [0.05, 0.1) is 0 Å². The van der Waals surface area contributed by atoms with Crippen LogP contribution in [0.2, 0.25) is 0 Å². The minimum atomic E-state index is -0.417. The molecule has 1 N–H and O–H groups in total. The molecule has 1 heterocycles. The van der Waals surface area contributed by atoms with Gasteiger partial charge in [-0.25, -0.2) is 4.39 Å². The van der Waals surface area contributed by atoms with Crippen LogP contribution in [0.15, 0.2) is 48.5 Å². The molecule has 0 aromatic heterocycles. The standard InChI is InChI=1S/C21H23FN2O2/c1-2-15-6-8-19(9-7-15)23-20(25)16-10-12-24(13-11-16)21(26)17-4-3-5-18(22)14-17/h3-9,14,16H,2,10-13H2,1H3,(H,23,25). The summed E-state index contributed by atoms with van der Waals surface area (Å²) >= 11 is 0. The Morgan fingerprint density at radius 2 is 1.81 bits per heavy atom. The number of rotatable bonds is 4. The van der Waals surface area contributed by atoms with Gasteiger partial charge in [0.15, 0.2) is 0 Å². The van der Waals surface area contributed by atoms with Gasteiger partial charge in [-0.05, 0) is 55.2 Å². The topological polar surface area (TPSA) is 49.4 Å². The molecule has 0 unspecified atom stereocenters. The zero-order valence-electron chi connectivity index (χ0n) is 14.9. The Hall–Kier alpha value is -2.69. The van der Waals surface area contributed by atoms with E-state index < -0.39 is 5.82 Å². The molecule has 0 saturated carbocycles. The molecule has 0 radical (unpaired) electrons. The third kappa shape index (κ3) is 4.28. The smallest absolute Gasteiger partial charge is 0.253 e. The first kappa shape index (κ1) is 18.1. The first-order chi connectivity index (χ1) is 12.6. The molecule has 5 heteroatoms. The fourth-order valence-corrected chi connectivity index (χ4v) is 3.22. The van der Waals surface area contributed by atoms with Crippen molar-refractivity contribution < 1.29 is 14.0 Å². The number of carbonyl (C=O) groups is 2. The van der Waals surface area contributed by atoms with E-state index in [-0.39, 0.29) is 17.7 Å². The van der Waals surface area contributed by atoms with Crippen LogP contribution < -0.4 is 5.32 Å². The van der Waals surface area contributed by atoms with Crippen molar-refractivity contribution in [1.82, 2.24) is 4.90 Å². The molecule has 1 aliphatic rings. The SMILES string of the molecule is CCc1ccc(NC(=O)C2CCN(C(=O)c3cccc(F)c3)CC2)cc1. The van der Waals surface area contributed by atoms with E-state index in [0.29, 0.717) is 31.5 Å². The van der Waals surface area contributed by atoms with E-state index in [1.54, 1.807) is 11.0 Å². The van der Waals surface area contributed by atoms with Crippen molar-refractivity contribution >= 4 is 17.5 Å². The average molecular weight is 354 g/mol. The summed E-state index contributed by atoms with van der Waals surface area (Å²) in [5.41, 5.74) is 2.38. The number of likely N-dealkylation sites (tertiary alicyclic amines) is 1. The van der Waals surface area contributed by atoms with Crippen LogP contribution in [0.25, 0.3) is 0 Å². The van der Waals surface area contributed by atoms with E-state index >= 15 is 0 Å². The van der Waals surface area contributed by atoms with Crippen molar-refractivity contribution in [3.63, 3.8) is 0 Å². The second-order valence-electron chi connectivity index (χ2n) is 6.62. The van der Waals surface area contributed by atoms with Crippen LogP contribution in [0.4, 0.5) is 10.1 Å². The summed E-state index contributed by atoms with van der Waals surface area (Å²) in [7, 11) is 0. The van der Waals surface area contributed by atoms with Crippen molar-refractivity contribution in [2.75, 3.05) is 18.4 Å². The zero-order valence-corrected chi connectivity index (χ0v) is 14.9. The van der Waals surface area contributed by atoms with Crippen LogP contribution in [0.5, 0.6) is 0 Å². The van der Waals surface area contributed by atoms with E-state index in [9.17, 15) is 14.0 Å². The Bertz CT molecular complexity index is 781. The number of nitrogens with zero attached hydrogens (tertiary/aromatic N) is 1. The number of nitrogens with one attached hydrogen (secondary N) is 1. The number of amides is 2. The van der Waals surface area contributed by atoms with Gasteiger partial charge in [-0.2, -0.15) is 0 Å². The summed E-state index contributed by atoms with van der Waals surface area (Å²) in [6.45, 7) is 3.09. The van der Waals surface area contributed by atoms with Gasteiger partial charge in [-0.3, -0.25) is 9.59 Å². The lowest BCUT2D eigenvalue weighted by Crippen LogP contribution is -2.41. The molecule has 136 valence electrons. The number of halogens is 1. The van der Waals surface area contributed by atoms with Crippen LogP contribution in [0.1, 0.15) is 35.7 Å². The lowest BCUT2D eigenvalue weighted by atomic mass is 9.95. The van der Waals surface area contributed by atoms with Gasteiger partial charge >= 0.3 is 0 Å². The highest BCUT2D eigenvalue weighted by molar-refractivity contribution is 5.95. The number of piperidine rings is 1. The molecule has 1 aliphatic heterocycles. The van der Waals surface area contributed by atoms with Crippen LogP contribution >= 0.6 is 0 Å². The van der Waals surface area contributed by atoms with Crippen molar-refractivity contribution in [2.45, 2.75) is 26.2 Å². The molecule has 2 amide bonds. The molecule has 2 aromatic rings. The van der Waals surface area contributed by atoms with Gasteiger partial charge in [0, 0.05) is 30.3 Å². The molecule has 2 aromatic carbocycles. The number of carbonyl (C=O) groups excluding carboxylic acids is 2. The van der Waals surface area contributed by atoms with Crippen LogP contribution in [-0.2, 0) is 11.2 Å². The summed E-state index contributed by atoms with van der Waals surface area (Å²) in [5, 5.41) is 2.95. The molecule has 4 nitrogen and oxygen atoms in total. The Kier molecular flexibility index (Phi) is 5.66. The predicted octanol–water partition coefficient (Wildman–Crippen LogP) is 3.88. The summed E-state index contributed by atoms with van der Waals surface area (Å²) in [5.74, 6) is -0.720. The van der Waals surface area contributed by atoms with E-state index in [2.05, 4.69) is 12.2 Å². The quantitative estimate of drug-likeness (QED) is 0.906. The Morgan fingerprint density at radius 3 is 2.42 bits per heavy atom. The third-order valence-corrected chi connectivity index (χ3v) is 4.85. The molecule has 1 saturated heterocycles. The monoisotopic (exact) mass is 354 g/mol. The van der Waals surface area contributed by atoms with Crippen molar-refractivity contribution in [3.05, 3.63) is 65.5 Å². The fraction of sp³-hybridized carbons (Fsp3) is 0.333. The van der Waals surface area contributed by atoms with Gasteiger partial charge in [0.1, 0.15) is 5.82 Å². The normalized spacial score (nSPS) is 14.9. The second kappa shape index (κ2) is 8.13. The lowest BCUT2D eigenvalue weighted by molar-refractivity contribution is -0.121. The molecule has 1 fully saturated rings. The lowest BCUT2D eigenvalue weighted by Gasteiger charge is -2.31. The molecule has 3 rings (SSSR count). The minimum absolute atomic E-state index is 0.00731. The highest BCUT2D eigenvalue weighted by Crippen LogP contribution is 2.21. The van der Waals surface area contributed by atoms with E-state index in [0.717, 1.165) is 12.1 Å². The van der Waals surface area contributed by atoms with Crippen LogP contribution in [-0.4, -0.2) is 29.8 Å². The van der Waals surface area contributed by atoms with Crippen LogP contribution in [0, 0.1) is 11.7 Å². The first-order valence-electron chi connectivity index (χ1n) is 9.01. The van der Waals surface area contributed by atoms with Gasteiger partial charge in [-0.1, -0.05) is 25.1 Å². The number of anilines is 1. The van der Waals surface area contributed by atoms with Crippen LogP contribution in [0.3, 0.4) is 0 Å². The highest BCUT2D eigenvalue weighted by Gasteiger charge is 2.28. The van der Waals surface area contributed by atoms with Crippen molar-refractivity contribution in [2.24, 2.45) is 5.92 Å². The largest absolute Gasteiger partial charge is 0.339 e. The number of hydrogen-bond donors (Lipinski definition) is 1. The van der Waals surface area contributed by atoms with E-state index in [1.165, 1.54) is 23.8 Å². The summed E-state index contributed by atoms with van der Waals surface area (Å²) < 4.78 is 13.3. The second-order valence-corrected chi connectivity index (χ2v) is 6.62. The van der Waals surface area contributed by atoms with E-state index in [4.69, 9.17) is 0 Å². The summed E-state index contributed by atoms with van der Waals surface area (Å²) in [6, 6.07) is 13.6. The maximum Gasteiger partial charge on any atom is 0.253 e. The van der Waals surface area contributed by atoms with Gasteiger partial charge in [-0.15, -0.1) is 0 Å². The molecule has 26 heavy (non-hydrogen) atoms. The third-order valence-electron chi connectivity index (χ3n) is 4.85. The fourth-order valence-electron chi connectivity index (χ4n) is 3.22. The predicted molar refractivity (Wildman–Crippen MR) is 99.5 cm³/mol. The summed E-state index contributed by atoms with van der Waals surface area (Å²) in [6.07, 6.45) is 2.19. The Labute approximate surface area is 153 Å². The maximum absolute atomic E-state index is 13.3. The maximum atomic E-state index is 13.3. The summed E-state index contributed by atoms with van der Waals surface area (Å²) in [4.78, 5) is 26.6. The van der Waals surface area contributed by atoms with Gasteiger partial charge < -0.3 is 10.2 Å². The molecule has 0 bridgehead atoms. The number of benzene rings is 2. The molecule has 0 atom stereocenters. The molecule has 0 spiro atoms. The molecule has 0 aliphatic carbocycles. The zero-order chi connectivity index (χ0) is 18.5. The van der Waals surface area contributed by atoms with Gasteiger partial charge in [0.2, 0.25) is 5.91 Å². The van der Waals surface area contributed by atoms with Crippen molar-refractivity contribution in [1.29, 1.82) is 0 Å². The van der Waals surface area contributed by atoms with Crippen molar-refractivity contribution in [3.8, 4) is 0 Å². The first-order valence-corrected chi connectivity index (χ1v) is 9.01. The number of aryl methyl sites for hydroxylation is 1. The Morgan fingerprint density at radius 1 is 1.12 bits per heavy atom. The molecular weight excluding hydrogens is 331 g/mol. The number of hydrogen-bond acceptors (Lipinski definition) is 2. The van der Waals surface area contributed by atoms with E-state index in [1.807, 2.05) is 24.3 Å².